The Balaban J connectivity index is 1.84. The molecule has 162 valence electrons. The Labute approximate surface area is 187 Å². The third-order valence-corrected chi connectivity index (χ3v) is 6.17. The summed E-state index contributed by atoms with van der Waals surface area (Å²) >= 11 is 6.06. The number of likely N-dealkylation sites (tertiary alicyclic amines) is 1. The number of methoxy groups -OCH3 is 2. The predicted octanol–water partition coefficient (Wildman–Crippen LogP) is 4.37. The number of ether oxygens (including phenoxy) is 2. The van der Waals surface area contributed by atoms with Crippen molar-refractivity contribution in [2.75, 3.05) is 32.2 Å². The molecule has 0 spiro atoms. The van der Waals surface area contributed by atoms with E-state index in [9.17, 15) is 9.59 Å². The molecular formula is C24H25ClN2O4. The molecule has 7 heteroatoms. The minimum Gasteiger partial charge on any atom is -0.497 e. The molecule has 4 rings (SSSR count). The SMILES string of the molecule is COc1ccc(OC)c(N2C(=O)C(c3ccc(Cl)cc3)=C(N3CCC(C)CC3)C2=O)c1. The van der Waals surface area contributed by atoms with Gasteiger partial charge in [0.1, 0.15) is 17.2 Å². The number of imide groups is 1. The molecule has 2 aromatic rings. The van der Waals surface area contributed by atoms with Crippen LogP contribution in [-0.4, -0.2) is 44.0 Å². The lowest BCUT2D eigenvalue weighted by Gasteiger charge is -2.32. The monoisotopic (exact) mass is 440 g/mol. The zero-order valence-corrected chi connectivity index (χ0v) is 18.6. The molecular weight excluding hydrogens is 416 g/mol. The highest BCUT2D eigenvalue weighted by molar-refractivity contribution is 6.45. The van der Waals surface area contributed by atoms with Crippen molar-refractivity contribution >= 4 is 34.7 Å². The second-order valence-corrected chi connectivity index (χ2v) is 8.32. The van der Waals surface area contributed by atoms with Crippen molar-refractivity contribution in [3.8, 4) is 11.5 Å². The molecule has 2 heterocycles. The fourth-order valence-electron chi connectivity index (χ4n) is 4.11. The Morgan fingerprint density at radius 2 is 1.61 bits per heavy atom. The number of hydrogen-bond donors (Lipinski definition) is 0. The first kappa shape index (κ1) is 21.2. The second-order valence-electron chi connectivity index (χ2n) is 7.88. The van der Waals surface area contributed by atoms with Crippen molar-refractivity contribution in [2.45, 2.75) is 19.8 Å². The maximum atomic E-state index is 13.7. The maximum absolute atomic E-state index is 13.7. The smallest absolute Gasteiger partial charge is 0.282 e. The molecule has 0 N–H and O–H groups in total. The minimum absolute atomic E-state index is 0.351. The van der Waals surface area contributed by atoms with Crippen LogP contribution in [-0.2, 0) is 9.59 Å². The lowest BCUT2D eigenvalue weighted by atomic mass is 9.97. The standard InChI is InChI=1S/C24H25ClN2O4/c1-15-10-12-26(13-11-15)22-21(16-4-6-17(25)7-5-16)23(28)27(24(22)29)19-14-18(30-2)8-9-20(19)31-3/h4-9,14-15H,10-13H2,1-3H3. The van der Waals surface area contributed by atoms with Crippen molar-refractivity contribution < 1.29 is 19.1 Å². The number of rotatable bonds is 5. The summed E-state index contributed by atoms with van der Waals surface area (Å²) in [5.74, 6) is 0.817. The van der Waals surface area contributed by atoms with Crippen LogP contribution in [0.2, 0.25) is 5.02 Å². The van der Waals surface area contributed by atoms with Gasteiger partial charge in [-0.3, -0.25) is 9.59 Å². The number of carbonyl (C=O) groups is 2. The zero-order valence-electron chi connectivity index (χ0n) is 17.9. The molecule has 0 aromatic heterocycles. The fourth-order valence-corrected chi connectivity index (χ4v) is 4.24. The zero-order chi connectivity index (χ0) is 22.1. The Morgan fingerprint density at radius 3 is 2.23 bits per heavy atom. The number of carbonyl (C=O) groups excluding carboxylic acids is 2. The van der Waals surface area contributed by atoms with E-state index in [2.05, 4.69) is 6.92 Å². The average molecular weight is 441 g/mol. The van der Waals surface area contributed by atoms with E-state index in [0.717, 1.165) is 25.9 Å². The highest BCUT2D eigenvalue weighted by Crippen LogP contribution is 2.41. The number of halogens is 1. The van der Waals surface area contributed by atoms with E-state index in [1.54, 1.807) is 42.5 Å². The van der Waals surface area contributed by atoms with Gasteiger partial charge in [-0.15, -0.1) is 0 Å². The van der Waals surface area contributed by atoms with Crippen LogP contribution >= 0.6 is 11.6 Å². The molecule has 2 aliphatic rings. The van der Waals surface area contributed by atoms with Crippen LogP contribution in [0.4, 0.5) is 5.69 Å². The van der Waals surface area contributed by atoms with E-state index >= 15 is 0 Å². The number of hydrogen-bond acceptors (Lipinski definition) is 5. The van der Waals surface area contributed by atoms with Crippen LogP contribution in [0.5, 0.6) is 11.5 Å². The van der Waals surface area contributed by atoms with E-state index in [1.807, 2.05) is 4.90 Å². The van der Waals surface area contributed by atoms with Gasteiger partial charge in [-0.1, -0.05) is 30.7 Å². The third-order valence-electron chi connectivity index (χ3n) is 5.92. The Hall–Kier alpha value is -2.99. The molecule has 0 aliphatic carbocycles. The summed E-state index contributed by atoms with van der Waals surface area (Å²) in [7, 11) is 3.05. The second kappa shape index (κ2) is 8.63. The summed E-state index contributed by atoms with van der Waals surface area (Å²) in [5.41, 5.74) is 1.86. The van der Waals surface area contributed by atoms with E-state index in [0.29, 0.717) is 45.0 Å². The van der Waals surface area contributed by atoms with E-state index in [1.165, 1.54) is 19.1 Å². The Kier molecular flexibility index (Phi) is 5.92. The molecule has 6 nitrogen and oxygen atoms in total. The molecule has 2 amide bonds. The van der Waals surface area contributed by atoms with Gasteiger partial charge >= 0.3 is 0 Å². The van der Waals surface area contributed by atoms with Crippen LogP contribution in [0.15, 0.2) is 48.2 Å². The largest absolute Gasteiger partial charge is 0.497 e. The van der Waals surface area contributed by atoms with Gasteiger partial charge in [0, 0.05) is 24.2 Å². The third kappa shape index (κ3) is 3.88. The summed E-state index contributed by atoms with van der Waals surface area (Å²) in [4.78, 5) is 30.6. The van der Waals surface area contributed by atoms with Gasteiger partial charge in [-0.2, -0.15) is 0 Å². The van der Waals surface area contributed by atoms with Gasteiger partial charge in [0.05, 0.1) is 25.5 Å². The summed E-state index contributed by atoms with van der Waals surface area (Å²) < 4.78 is 10.8. The van der Waals surface area contributed by atoms with Crippen LogP contribution in [0, 0.1) is 5.92 Å². The van der Waals surface area contributed by atoms with Crippen molar-refractivity contribution in [1.29, 1.82) is 0 Å². The van der Waals surface area contributed by atoms with Gasteiger partial charge in [-0.05, 0) is 48.6 Å². The van der Waals surface area contributed by atoms with Crippen molar-refractivity contribution in [3.05, 3.63) is 58.7 Å². The van der Waals surface area contributed by atoms with Crippen LogP contribution in [0.1, 0.15) is 25.3 Å². The molecule has 0 bridgehead atoms. The van der Waals surface area contributed by atoms with Crippen LogP contribution < -0.4 is 14.4 Å². The van der Waals surface area contributed by atoms with Gasteiger partial charge in [0.2, 0.25) is 0 Å². The number of anilines is 1. The molecule has 1 saturated heterocycles. The van der Waals surface area contributed by atoms with Gasteiger partial charge in [0.25, 0.3) is 11.8 Å². The van der Waals surface area contributed by atoms with Gasteiger partial charge < -0.3 is 14.4 Å². The van der Waals surface area contributed by atoms with Gasteiger partial charge in [0.15, 0.2) is 0 Å². The summed E-state index contributed by atoms with van der Waals surface area (Å²) in [6.07, 6.45) is 1.95. The first-order valence-electron chi connectivity index (χ1n) is 10.3. The Bertz CT molecular complexity index is 1040. The van der Waals surface area contributed by atoms with E-state index < -0.39 is 0 Å². The quantitative estimate of drug-likeness (QED) is 0.646. The lowest BCUT2D eigenvalue weighted by Crippen LogP contribution is -2.38. The molecule has 0 radical (unpaired) electrons. The first-order chi connectivity index (χ1) is 14.9. The number of piperidine rings is 1. The maximum Gasteiger partial charge on any atom is 0.282 e. The van der Waals surface area contributed by atoms with Crippen LogP contribution in [0.25, 0.3) is 5.57 Å². The molecule has 2 aromatic carbocycles. The highest BCUT2D eigenvalue weighted by atomic mass is 35.5. The van der Waals surface area contributed by atoms with Crippen LogP contribution in [0.3, 0.4) is 0 Å². The topological polar surface area (TPSA) is 59.1 Å². The molecule has 31 heavy (non-hydrogen) atoms. The predicted molar refractivity (Wildman–Crippen MR) is 120 cm³/mol. The Morgan fingerprint density at radius 1 is 0.935 bits per heavy atom. The summed E-state index contributed by atoms with van der Waals surface area (Å²) in [6.45, 7) is 3.67. The summed E-state index contributed by atoms with van der Waals surface area (Å²) in [5, 5.41) is 0.570. The minimum atomic E-state index is -0.382. The first-order valence-corrected chi connectivity index (χ1v) is 10.7. The van der Waals surface area contributed by atoms with Crippen molar-refractivity contribution in [3.63, 3.8) is 0 Å². The number of benzene rings is 2. The van der Waals surface area contributed by atoms with Crippen molar-refractivity contribution in [1.82, 2.24) is 4.90 Å². The number of amides is 2. The van der Waals surface area contributed by atoms with Crippen molar-refractivity contribution in [2.24, 2.45) is 5.92 Å². The molecule has 1 fully saturated rings. The summed E-state index contributed by atoms with van der Waals surface area (Å²) in [6, 6.07) is 12.1. The fraction of sp³-hybridized carbons (Fsp3) is 0.333. The lowest BCUT2D eigenvalue weighted by molar-refractivity contribution is -0.120. The molecule has 0 atom stereocenters. The van der Waals surface area contributed by atoms with E-state index in [4.69, 9.17) is 21.1 Å². The van der Waals surface area contributed by atoms with E-state index in [-0.39, 0.29) is 11.8 Å². The average Bonchev–Trinajstić information content (AvgIpc) is 3.04. The number of nitrogens with zero attached hydrogens (tertiary/aromatic N) is 2. The normalized spacial score (nSPS) is 17.5. The molecule has 2 aliphatic heterocycles. The molecule has 0 saturated carbocycles. The van der Waals surface area contributed by atoms with Gasteiger partial charge in [-0.25, -0.2) is 4.90 Å². The molecule has 0 unspecified atom stereocenters. The highest BCUT2D eigenvalue weighted by Gasteiger charge is 2.44.